The minimum atomic E-state index is 0.157. The third-order valence-electron chi connectivity index (χ3n) is 4.08. The summed E-state index contributed by atoms with van der Waals surface area (Å²) in [7, 11) is 1.67. The van der Waals surface area contributed by atoms with Crippen LogP contribution in [0.25, 0.3) is 0 Å². The predicted molar refractivity (Wildman–Crippen MR) is 98.8 cm³/mol. The smallest absolute Gasteiger partial charge is 0.231 e. The van der Waals surface area contributed by atoms with Crippen molar-refractivity contribution in [2.75, 3.05) is 13.9 Å². The highest BCUT2D eigenvalue weighted by atomic mass is 32.1. The zero-order chi connectivity index (χ0) is 17.1. The fourth-order valence-corrected chi connectivity index (χ4v) is 4.22. The van der Waals surface area contributed by atoms with E-state index in [-0.39, 0.29) is 12.8 Å². The normalized spacial score (nSPS) is 13.8. The molecule has 5 nitrogen and oxygen atoms in total. The van der Waals surface area contributed by atoms with E-state index in [1.54, 1.807) is 29.8 Å². The van der Waals surface area contributed by atoms with Gasteiger partial charge in [-0.3, -0.25) is 0 Å². The summed E-state index contributed by atoms with van der Waals surface area (Å²) in [6.07, 6.45) is 2.76. The number of thiophene rings is 1. The van der Waals surface area contributed by atoms with Crippen molar-refractivity contribution in [1.29, 1.82) is 0 Å². The summed E-state index contributed by atoms with van der Waals surface area (Å²) in [6.45, 7) is 0.920. The molecule has 0 bridgehead atoms. The molecule has 4 rings (SSSR count). The van der Waals surface area contributed by atoms with Crippen LogP contribution in [0.15, 0.2) is 40.5 Å². The lowest BCUT2D eigenvalue weighted by Gasteiger charge is -2.17. The molecule has 0 spiro atoms. The molecule has 0 unspecified atom stereocenters. The Hall–Kier alpha value is -2.09. The van der Waals surface area contributed by atoms with Gasteiger partial charge in [0.1, 0.15) is 10.8 Å². The molecule has 0 aliphatic carbocycles. The number of nitrogens with one attached hydrogen (secondary N) is 1. The summed E-state index contributed by atoms with van der Waals surface area (Å²) >= 11 is 3.39. The van der Waals surface area contributed by atoms with E-state index in [0.717, 1.165) is 34.2 Å². The number of hydrogen-bond donors (Lipinski definition) is 1. The second-order valence-corrected chi connectivity index (χ2v) is 7.36. The van der Waals surface area contributed by atoms with Crippen molar-refractivity contribution in [2.45, 2.75) is 19.0 Å². The average molecular weight is 374 g/mol. The first-order valence-corrected chi connectivity index (χ1v) is 9.76. The highest BCUT2D eigenvalue weighted by Crippen LogP contribution is 2.38. The highest BCUT2D eigenvalue weighted by Gasteiger charge is 2.20. The van der Waals surface area contributed by atoms with Crippen LogP contribution >= 0.6 is 22.7 Å². The van der Waals surface area contributed by atoms with Gasteiger partial charge in [0.2, 0.25) is 6.79 Å². The largest absolute Gasteiger partial charge is 0.496 e. The van der Waals surface area contributed by atoms with Gasteiger partial charge in [-0.1, -0.05) is 0 Å². The minimum Gasteiger partial charge on any atom is -0.496 e. The van der Waals surface area contributed by atoms with Crippen LogP contribution in [-0.2, 0) is 13.0 Å². The molecule has 2 aromatic heterocycles. The van der Waals surface area contributed by atoms with Gasteiger partial charge in [0.05, 0.1) is 13.2 Å². The highest BCUT2D eigenvalue weighted by molar-refractivity contribution is 7.09. The maximum Gasteiger partial charge on any atom is 0.231 e. The van der Waals surface area contributed by atoms with E-state index < -0.39 is 0 Å². The van der Waals surface area contributed by atoms with Gasteiger partial charge in [-0.25, -0.2) is 4.98 Å². The van der Waals surface area contributed by atoms with Gasteiger partial charge in [0.15, 0.2) is 11.5 Å². The molecule has 1 aliphatic heterocycles. The number of ether oxygens (including phenoxy) is 3. The standard InChI is InChI=1S/C18H18N2O3S2/c1-21-15-8-17-16(22-11-23-17)7-13(15)9-20-14(18-19-3-5-25-18)6-12-2-4-24-10-12/h2-5,7-8,10,14,20H,6,9,11H2,1H3/t14-/m0/s1. The Kier molecular flexibility index (Phi) is 4.87. The molecule has 0 saturated heterocycles. The zero-order valence-corrected chi connectivity index (χ0v) is 15.4. The van der Waals surface area contributed by atoms with Crippen molar-refractivity contribution in [2.24, 2.45) is 0 Å². The molecule has 7 heteroatoms. The van der Waals surface area contributed by atoms with E-state index in [9.17, 15) is 0 Å². The van der Waals surface area contributed by atoms with Crippen molar-refractivity contribution in [1.82, 2.24) is 10.3 Å². The molecular formula is C18H18N2O3S2. The molecule has 130 valence electrons. The lowest BCUT2D eigenvalue weighted by molar-refractivity contribution is 0.174. The molecule has 0 radical (unpaired) electrons. The van der Waals surface area contributed by atoms with E-state index in [1.807, 2.05) is 23.7 Å². The van der Waals surface area contributed by atoms with Gasteiger partial charge in [-0.05, 0) is 34.9 Å². The predicted octanol–water partition coefficient (Wildman–Crippen LogP) is 4.02. The SMILES string of the molecule is COc1cc2c(cc1CN[C@@H](Cc1ccsc1)c1nccs1)OCO2. The number of thiazole rings is 1. The van der Waals surface area contributed by atoms with Crippen LogP contribution in [0.3, 0.4) is 0 Å². The molecule has 0 fully saturated rings. The molecule has 1 N–H and O–H groups in total. The van der Waals surface area contributed by atoms with Crippen molar-refractivity contribution < 1.29 is 14.2 Å². The van der Waals surface area contributed by atoms with Crippen LogP contribution in [0, 0.1) is 0 Å². The van der Waals surface area contributed by atoms with Crippen LogP contribution < -0.4 is 19.5 Å². The van der Waals surface area contributed by atoms with Gasteiger partial charge in [0, 0.05) is 29.8 Å². The lowest BCUT2D eigenvalue weighted by atomic mass is 10.1. The number of aromatic nitrogens is 1. The quantitative estimate of drug-likeness (QED) is 0.677. The van der Waals surface area contributed by atoms with Crippen molar-refractivity contribution >= 4 is 22.7 Å². The van der Waals surface area contributed by atoms with Crippen LogP contribution in [0.1, 0.15) is 22.2 Å². The number of benzene rings is 1. The topological polar surface area (TPSA) is 52.6 Å². The Bertz CT molecular complexity index is 819. The molecule has 0 amide bonds. The third-order valence-corrected chi connectivity index (χ3v) is 5.71. The number of methoxy groups -OCH3 is 1. The second-order valence-electron chi connectivity index (χ2n) is 5.66. The van der Waals surface area contributed by atoms with Crippen LogP contribution in [-0.4, -0.2) is 18.9 Å². The molecular weight excluding hydrogens is 356 g/mol. The van der Waals surface area contributed by atoms with Gasteiger partial charge < -0.3 is 19.5 Å². The minimum absolute atomic E-state index is 0.157. The molecule has 1 aromatic carbocycles. The zero-order valence-electron chi connectivity index (χ0n) is 13.7. The van der Waals surface area contributed by atoms with Crippen molar-refractivity contribution in [3.8, 4) is 17.2 Å². The van der Waals surface area contributed by atoms with Gasteiger partial charge in [0.25, 0.3) is 0 Å². The summed E-state index contributed by atoms with van der Waals surface area (Å²) in [6, 6.07) is 6.19. The van der Waals surface area contributed by atoms with Crippen LogP contribution in [0.4, 0.5) is 0 Å². The Morgan fingerprint density at radius 3 is 2.88 bits per heavy atom. The van der Waals surface area contributed by atoms with Gasteiger partial charge >= 0.3 is 0 Å². The van der Waals surface area contributed by atoms with Crippen LogP contribution in [0.2, 0.25) is 0 Å². The Labute approximate surface area is 154 Å². The average Bonchev–Trinajstić information content (AvgIpc) is 3.39. The first-order valence-electron chi connectivity index (χ1n) is 7.94. The number of fused-ring (bicyclic) bond motifs is 1. The van der Waals surface area contributed by atoms with E-state index in [1.165, 1.54) is 5.56 Å². The summed E-state index contributed by atoms with van der Waals surface area (Å²) in [5, 5.41) is 11.0. The molecule has 25 heavy (non-hydrogen) atoms. The fourth-order valence-electron chi connectivity index (χ4n) is 2.82. The monoisotopic (exact) mass is 374 g/mol. The van der Waals surface area contributed by atoms with E-state index in [2.05, 4.69) is 27.1 Å². The summed E-state index contributed by atoms with van der Waals surface area (Å²) in [5.74, 6) is 2.29. The summed E-state index contributed by atoms with van der Waals surface area (Å²) < 4.78 is 16.4. The van der Waals surface area contributed by atoms with E-state index in [0.29, 0.717) is 6.54 Å². The van der Waals surface area contributed by atoms with Crippen LogP contribution in [0.5, 0.6) is 17.2 Å². The fraction of sp³-hybridized carbons (Fsp3) is 0.278. The molecule has 3 heterocycles. The Morgan fingerprint density at radius 2 is 2.16 bits per heavy atom. The van der Waals surface area contributed by atoms with E-state index in [4.69, 9.17) is 14.2 Å². The third kappa shape index (κ3) is 3.63. The van der Waals surface area contributed by atoms with E-state index >= 15 is 0 Å². The molecule has 1 aliphatic rings. The molecule has 0 saturated carbocycles. The Balaban J connectivity index is 1.53. The first-order chi connectivity index (χ1) is 12.3. The Morgan fingerprint density at radius 1 is 1.28 bits per heavy atom. The molecule has 3 aromatic rings. The number of nitrogens with zero attached hydrogens (tertiary/aromatic N) is 1. The van der Waals surface area contributed by atoms with Crippen molar-refractivity contribution in [3.05, 3.63) is 56.7 Å². The maximum atomic E-state index is 5.51. The molecule has 1 atom stereocenters. The number of hydrogen-bond acceptors (Lipinski definition) is 7. The summed E-state index contributed by atoms with van der Waals surface area (Å²) in [4.78, 5) is 4.49. The number of rotatable bonds is 7. The maximum absolute atomic E-state index is 5.51. The summed E-state index contributed by atoms with van der Waals surface area (Å²) in [5.41, 5.74) is 2.36. The van der Waals surface area contributed by atoms with Crippen molar-refractivity contribution in [3.63, 3.8) is 0 Å². The van der Waals surface area contributed by atoms with Gasteiger partial charge in [-0.2, -0.15) is 11.3 Å². The first kappa shape index (κ1) is 16.4. The second kappa shape index (κ2) is 7.43. The van der Waals surface area contributed by atoms with Gasteiger partial charge in [-0.15, -0.1) is 11.3 Å². The lowest BCUT2D eigenvalue weighted by Crippen LogP contribution is -2.23.